The zero-order valence-electron chi connectivity index (χ0n) is 16.2. The molecule has 0 amide bonds. The van der Waals surface area contributed by atoms with Gasteiger partial charge in [0.15, 0.2) is 11.7 Å². The Hall–Kier alpha value is -2.38. The molecule has 3 rings (SSSR count). The third kappa shape index (κ3) is 5.80. The Labute approximate surface area is 160 Å². The average Bonchev–Trinajstić information content (AvgIpc) is 3.18. The van der Waals surface area contributed by atoms with Crippen LogP contribution in [0.3, 0.4) is 0 Å². The Morgan fingerprint density at radius 2 is 1.89 bits per heavy atom. The van der Waals surface area contributed by atoms with Gasteiger partial charge in [-0.1, -0.05) is 36.3 Å². The molecule has 27 heavy (non-hydrogen) atoms. The molecule has 1 aliphatic heterocycles. The Balaban J connectivity index is 1.53. The van der Waals surface area contributed by atoms with Crippen LogP contribution < -0.4 is 10.6 Å². The minimum absolute atomic E-state index is 0.558. The molecule has 0 unspecified atom stereocenters. The highest BCUT2D eigenvalue weighted by Gasteiger charge is 2.13. The van der Waals surface area contributed by atoms with Gasteiger partial charge >= 0.3 is 0 Å². The van der Waals surface area contributed by atoms with E-state index in [1.165, 1.54) is 11.1 Å². The number of rotatable bonds is 7. The smallest absolute Gasteiger partial charge is 0.191 e. The van der Waals surface area contributed by atoms with Crippen molar-refractivity contribution in [3.8, 4) is 0 Å². The molecule has 1 aliphatic rings. The summed E-state index contributed by atoms with van der Waals surface area (Å²) in [5, 5.41) is 10.7. The lowest BCUT2D eigenvalue weighted by Gasteiger charge is -2.27. The van der Waals surface area contributed by atoms with Crippen molar-refractivity contribution in [3.63, 3.8) is 0 Å². The fourth-order valence-corrected chi connectivity index (χ4v) is 3.06. The summed E-state index contributed by atoms with van der Waals surface area (Å²) >= 11 is 0. The molecule has 2 N–H and O–H groups in total. The minimum atomic E-state index is 0.558. The molecule has 1 aromatic heterocycles. The van der Waals surface area contributed by atoms with Gasteiger partial charge in [0.1, 0.15) is 0 Å². The van der Waals surface area contributed by atoms with E-state index in [1.54, 1.807) is 7.05 Å². The highest BCUT2D eigenvalue weighted by atomic mass is 16.5. The number of aromatic nitrogens is 1. The van der Waals surface area contributed by atoms with Gasteiger partial charge in [-0.3, -0.25) is 9.89 Å². The molecule has 0 atom stereocenters. The highest BCUT2D eigenvalue weighted by molar-refractivity contribution is 5.79. The normalized spacial score (nSPS) is 15.7. The summed E-state index contributed by atoms with van der Waals surface area (Å²) < 4.78 is 10.7. The largest absolute Gasteiger partial charge is 0.379 e. The van der Waals surface area contributed by atoms with Crippen LogP contribution in [-0.2, 0) is 30.8 Å². The second-order valence-electron chi connectivity index (χ2n) is 6.57. The van der Waals surface area contributed by atoms with Crippen molar-refractivity contribution in [2.45, 2.75) is 33.0 Å². The molecule has 0 spiro atoms. The summed E-state index contributed by atoms with van der Waals surface area (Å²) in [5.74, 6) is 1.55. The van der Waals surface area contributed by atoms with Crippen LogP contribution in [0.1, 0.15) is 29.5 Å². The van der Waals surface area contributed by atoms with Crippen molar-refractivity contribution >= 4 is 5.96 Å². The Morgan fingerprint density at radius 1 is 1.15 bits per heavy atom. The lowest BCUT2D eigenvalue weighted by molar-refractivity contribution is 0.0341. The molecule has 1 saturated heterocycles. The maximum Gasteiger partial charge on any atom is 0.191 e. The Bertz CT molecular complexity index is 737. The first kappa shape index (κ1) is 19.4. The van der Waals surface area contributed by atoms with Gasteiger partial charge in [0.25, 0.3) is 0 Å². The van der Waals surface area contributed by atoms with Crippen LogP contribution >= 0.6 is 0 Å². The zero-order chi connectivity index (χ0) is 18.9. The topological polar surface area (TPSA) is 74.9 Å². The number of guanidine groups is 1. The fraction of sp³-hybridized carbons (Fsp3) is 0.500. The molecular formula is C20H29N5O2. The second kappa shape index (κ2) is 10.1. The van der Waals surface area contributed by atoms with E-state index in [-0.39, 0.29) is 0 Å². The molecule has 0 aliphatic carbocycles. The van der Waals surface area contributed by atoms with Crippen LogP contribution in [0, 0.1) is 0 Å². The van der Waals surface area contributed by atoms with E-state index >= 15 is 0 Å². The summed E-state index contributed by atoms with van der Waals surface area (Å²) in [5.41, 5.74) is 3.58. The van der Waals surface area contributed by atoms with E-state index in [9.17, 15) is 0 Å². The molecule has 2 heterocycles. The van der Waals surface area contributed by atoms with E-state index in [1.807, 2.05) is 6.07 Å². The molecule has 0 bridgehead atoms. The monoisotopic (exact) mass is 371 g/mol. The number of aliphatic imine (C=N–C) groups is 1. The van der Waals surface area contributed by atoms with E-state index in [0.29, 0.717) is 6.54 Å². The summed E-state index contributed by atoms with van der Waals surface area (Å²) in [6.07, 6.45) is 0.871. The zero-order valence-corrected chi connectivity index (χ0v) is 16.2. The number of nitrogens with one attached hydrogen (secondary N) is 2. The molecule has 0 radical (unpaired) electrons. The Morgan fingerprint density at radius 3 is 2.59 bits per heavy atom. The van der Waals surface area contributed by atoms with Gasteiger partial charge in [0.05, 0.1) is 25.5 Å². The lowest BCUT2D eigenvalue weighted by Crippen LogP contribution is -2.37. The third-order valence-corrected chi connectivity index (χ3v) is 4.69. The number of ether oxygens (including phenoxy) is 1. The van der Waals surface area contributed by atoms with E-state index in [2.05, 4.69) is 56.9 Å². The highest BCUT2D eigenvalue weighted by Crippen LogP contribution is 2.13. The molecule has 2 aromatic rings. The molecule has 7 heteroatoms. The van der Waals surface area contributed by atoms with Crippen molar-refractivity contribution in [2.24, 2.45) is 4.99 Å². The summed E-state index contributed by atoms with van der Waals surface area (Å²) in [7, 11) is 1.77. The minimum Gasteiger partial charge on any atom is -0.379 e. The standard InChI is InChI=1S/C20H29N5O2/c1-3-18-12-19(27-24-18)14-23-20(21-2)22-13-16-6-4-5-7-17(16)15-25-8-10-26-11-9-25/h4-7,12H,3,8-11,13-15H2,1-2H3,(H2,21,22,23). The molecule has 0 saturated carbocycles. The number of hydrogen-bond donors (Lipinski definition) is 2. The SMILES string of the molecule is CCc1cc(CNC(=NC)NCc2ccccc2CN2CCOCC2)on1. The van der Waals surface area contributed by atoms with E-state index < -0.39 is 0 Å². The van der Waals surface area contributed by atoms with Gasteiger partial charge in [-0.15, -0.1) is 0 Å². The third-order valence-electron chi connectivity index (χ3n) is 4.69. The van der Waals surface area contributed by atoms with Crippen molar-refractivity contribution < 1.29 is 9.26 Å². The fourth-order valence-electron chi connectivity index (χ4n) is 3.06. The number of hydrogen-bond acceptors (Lipinski definition) is 5. The van der Waals surface area contributed by atoms with Crippen molar-refractivity contribution in [2.75, 3.05) is 33.4 Å². The number of nitrogens with zero attached hydrogens (tertiary/aromatic N) is 3. The Kier molecular flexibility index (Phi) is 7.24. The second-order valence-corrected chi connectivity index (χ2v) is 6.57. The maximum atomic E-state index is 5.44. The molecule has 146 valence electrons. The average molecular weight is 371 g/mol. The number of aryl methyl sites for hydroxylation is 1. The predicted molar refractivity (Wildman–Crippen MR) is 105 cm³/mol. The van der Waals surface area contributed by atoms with Crippen LogP contribution in [0.25, 0.3) is 0 Å². The quantitative estimate of drug-likeness (QED) is 0.572. The number of morpholine rings is 1. The van der Waals surface area contributed by atoms with Crippen LogP contribution in [0.2, 0.25) is 0 Å². The van der Waals surface area contributed by atoms with Crippen molar-refractivity contribution in [1.82, 2.24) is 20.7 Å². The summed E-state index contributed by atoms with van der Waals surface area (Å²) in [6, 6.07) is 10.5. The van der Waals surface area contributed by atoms with Gasteiger partial charge in [-0.05, 0) is 17.5 Å². The van der Waals surface area contributed by atoms with E-state index in [0.717, 1.165) is 63.2 Å². The van der Waals surface area contributed by atoms with Crippen LogP contribution in [0.4, 0.5) is 0 Å². The van der Waals surface area contributed by atoms with Gasteiger partial charge < -0.3 is 19.9 Å². The maximum absolute atomic E-state index is 5.44. The first-order valence-electron chi connectivity index (χ1n) is 9.54. The molecular weight excluding hydrogens is 342 g/mol. The summed E-state index contributed by atoms with van der Waals surface area (Å²) in [6.45, 7) is 7.90. The lowest BCUT2D eigenvalue weighted by atomic mass is 10.1. The van der Waals surface area contributed by atoms with Gasteiger partial charge in [0.2, 0.25) is 0 Å². The van der Waals surface area contributed by atoms with Gasteiger partial charge in [-0.25, -0.2) is 0 Å². The first-order valence-corrected chi connectivity index (χ1v) is 9.54. The van der Waals surface area contributed by atoms with E-state index in [4.69, 9.17) is 9.26 Å². The predicted octanol–water partition coefficient (Wildman–Crippen LogP) is 1.93. The van der Waals surface area contributed by atoms with Crippen LogP contribution in [0.15, 0.2) is 39.8 Å². The summed E-state index contributed by atoms with van der Waals surface area (Å²) in [4.78, 5) is 6.73. The van der Waals surface area contributed by atoms with Crippen molar-refractivity contribution in [1.29, 1.82) is 0 Å². The van der Waals surface area contributed by atoms with Gasteiger partial charge in [0, 0.05) is 39.3 Å². The van der Waals surface area contributed by atoms with Crippen molar-refractivity contribution in [3.05, 3.63) is 52.9 Å². The van der Waals surface area contributed by atoms with Gasteiger partial charge in [-0.2, -0.15) is 0 Å². The molecule has 7 nitrogen and oxygen atoms in total. The molecule has 1 aromatic carbocycles. The van der Waals surface area contributed by atoms with Crippen LogP contribution in [0.5, 0.6) is 0 Å². The van der Waals surface area contributed by atoms with Crippen LogP contribution in [-0.4, -0.2) is 49.4 Å². The first-order chi connectivity index (χ1) is 13.3. The number of benzene rings is 1. The molecule has 1 fully saturated rings.